The lowest BCUT2D eigenvalue weighted by Gasteiger charge is -2.11. The molecule has 0 radical (unpaired) electrons. The fraction of sp³-hybridized carbons (Fsp3) is 0.143. The van der Waals surface area contributed by atoms with E-state index in [1.165, 1.54) is 0 Å². The fourth-order valence-electron chi connectivity index (χ4n) is 1.60. The zero-order valence-electron chi connectivity index (χ0n) is 10.2. The number of H-pyrrole nitrogens is 1. The molecule has 98 valence electrons. The van der Waals surface area contributed by atoms with E-state index in [2.05, 4.69) is 20.9 Å². The van der Waals surface area contributed by atoms with Crippen LogP contribution in [-0.2, 0) is 4.74 Å². The Balaban J connectivity index is 2.03. The monoisotopic (exact) mass is 321 g/mol. The van der Waals surface area contributed by atoms with E-state index in [0.29, 0.717) is 11.3 Å². The van der Waals surface area contributed by atoms with Crippen molar-refractivity contribution < 1.29 is 14.3 Å². The second-order valence-corrected chi connectivity index (χ2v) is 4.93. The Morgan fingerprint density at radius 1 is 1.26 bits per heavy atom. The highest BCUT2D eigenvalue weighted by molar-refractivity contribution is 9.10. The molecule has 2 rings (SSSR count). The molecule has 0 fully saturated rings. The van der Waals surface area contributed by atoms with Crippen LogP contribution in [0.3, 0.4) is 0 Å². The average Bonchev–Trinajstić information content (AvgIpc) is 2.85. The van der Waals surface area contributed by atoms with Gasteiger partial charge in [0.25, 0.3) is 0 Å². The summed E-state index contributed by atoms with van der Waals surface area (Å²) in [6.07, 6.45) is 0.803. The second-order valence-electron chi connectivity index (χ2n) is 4.01. The van der Waals surface area contributed by atoms with Crippen LogP contribution in [0.25, 0.3) is 0 Å². The van der Waals surface area contributed by atoms with Gasteiger partial charge in [-0.2, -0.15) is 0 Å². The van der Waals surface area contributed by atoms with Crippen molar-refractivity contribution in [2.24, 2.45) is 0 Å². The lowest BCUT2D eigenvalue weighted by atomic mass is 10.1. The number of halogens is 1. The summed E-state index contributed by atoms with van der Waals surface area (Å²) < 4.78 is 5.88. The number of Topliss-reactive ketones (excluding diaryl/α,β-unsaturated/α-hetero) is 1. The van der Waals surface area contributed by atoms with Crippen molar-refractivity contribution >= 4 is 27.7 Å². The highest BCUT2D eigenvalue weighted by Crippen LogP contribution is 2.13. The molecule has 2 aromatic rings. The van der Waals surface area contributed by atoms with Crippen LogP contribution in [-0.4, -0.2) is 22.8 Å². The number of ether oxygens (including phenoxy) is 1. The summed E-state index contributed by atoms with van der Waals surface area (Å²) in [4.78, 5) is 26.6. The number of rotatable bonds is 4. The lowest BCUT2D eigenvalue weighted by Crippen LogP contribution is -2.24. The molecule has 1 aromatic carbocycles. The normalized spacial score (nSPS) is 11.9. The molecule has 1 aromatic heterocycles. The third-order valence-electron chi connectivity index (χ3n) is 2.58. The first-order chi connectivity index (χ1) is 9.08. The molecule has 0 saturated carbocycles. The third kappa shape index (κ3) is 3.32. The van der Waals surface area contributed by atoms with Crippen molar-refractivity contribution in [1.29, 1.82) is 0 Å². The van der Waals surface area contributed by atoms with Gasteiger partial charge in [-0.05, 0) is 28.9 Å². The van der Waals surface area contributed by atoms with Crippen LogP contribution >= 0.6 is 15.9 Å². The summed E-state index contributed by atoms with van der Waals surface area (Å²) in [6, 6.07) is 10.3. The summed E-state index contributed by atoms with van der Waals surface area (Å²) >= 11 is 3.23. The van der Waals surface area contributed by atoms with Gasteiger partial charge in [-0.15, -0.1) is 0 Å². The van der Waals surface area contributed by atoms with Crippen LogP contribution in [0.15, 0.2) is 47.1 Å². The molecular formula is C14H12BrNO3. The van der Waals surface area contributed by atoms with Gasteiger partial charge in [0.05, 0.1) is 0 Å². The second kappa shape index (κ2) is 5.84. The molecule has 19 heavy (non-hydrogen) atoms. The summed E-state index contributed by atoms with van der Waals surface area (Å²) in [7, 11) is 0. The maximum atomic E-state index is 12.0. The number of ketones is 1. The van der Waals surface area contributed by atoms with Crippen LogP contribution in [0.1, 0.15) is 27.8 Å². The Kier molecular flexibility index (Phi) is 4.16. The lowest BCUT2D eigenvalue weighted by molar-refractivity contribution is 0.0314. The summed E-state index contributed by atoms with van der Waals surface area (Å²) in [5.41, 5.74) is 0.829. The Labute approximate surface area is 118 Å². The van der Waals surface area contributed by atoms with Crippen molar-refractivity contribution in [3.8, 4) is 0 Å². The standard InChI is InChI=1S/C14H12BrNO3/c1-9(13(17)10-5-3-2-4-6-10)19-14(18)12-7-11(15)8-16-12/h2-9,16H,1H3/t9-/m1/s1. The van der Waals surface area contributed by atoms with Gasteiger partial charge in [-0.1, -0.05) is 30.3 Å². The van der Waals surface area contributed by atoms with Gasteiger partial charge >= 0.3 is 5.97 Å². The zero-order chi connectivity index (χ0) is 13.8. The Bertz CT molecular complexity index is 592. The minimum Gasteiger partial charge on any atom is -0.450 e. The molecule has 1 N–H and O–H groups in total. The van der Waals surface area contributed by atoms with E-state index in [0.717, 1.165) is 4.47 Å². The van der Waals surface area contributed by atoms with Crippen LogP contribution in [0.5, 0.6) is 0 Å². The average molecular weight is 322 g/mol. The fourth-order valence-corrected chi connectivity index (χ4v) is 1.94. The predicted octanol–water partition coefficient (Wildman–Crippen LogP) is 3.21. The van der Waals surface area contributed by atoms with Gasteiger partial charge in [-0.3, -0.25) is 4.79 Å². The zero-order valence-corrected chi connectivity index (χ0v) is 11.8. The number of aromatic amines is 1. The topological polar surface area (TPSA) is 59.2 Å². The van der Waals surface area contributed by atoms with Gasteiger partial charge in [0.1, 0.15) is 5.69 Å². The van der Waals surface area contributed by atoms with E-state index in [9.17, 15) is 9.59 Å². The van der Waals surface area contributed by atoms with Crippen molar-refractivity contribution in [1.82, 2.24) is 4.98 Å². The Morgan fingerprint density at radius 2 is 1.95 bits per heavy atom. The summed E-state index contributed by atoms with van der Waals surface area (Å²) in [5.74, 6) is -0.776. The minimum absolute atomic E-state index is 0.223. The first kappa shape index (κ1) is 13.5. The quantitative estimate of drug-likeness (QED) is 0.695. The van der Waals surface area contributed by atoms with Crippen LogP contribution in [0.2, 0.25) is 0 Å². The Hall–Kier alpha value is -1.88. The molecule has 1 atom stereocenters. The number of aromatic nitrogens is 1. The number of esters is 1. The maximum Gasteiger partial charge on any atom is 0.355 e. The number of benzene rings is 1. The SMILES string of the molecule is C[C@@H](OC(=O)c1cc(Br)c[nH]1)C(=O)c1ccccc1. The van der Waals surface area contributed by atoms with E-state index in [-0.39, 0.29) is 5.78 Å². The predicted molar refractivity (Wildman–Crippen MR) is 74.1 cm³/mol. The number of carbonyl (C=O) groups is 2. The van der Waals surface area contributed by atoms with Crippen LogP contribution in [0, 0.1) is 0 Å². The molecule has 0 aliphatic heterocycles. The van der Waals surface area contributed by atoms with Gasteiger partial charge < -0.3 is 9.72 Å². The first-order valence-electron chi connectivity index (χ1n) is 5.72. The van der Waals surface area contributed by atoms with E-state index < -0.39 is 12.1 Å². The van der Waals surface area contributed by atoms with Crippen molar-refractivity contribution in [3.05, 3.63) is 58.3 Å². The molecule has 0 aliphatic rings. The molecule has 0 saturated heterocycles. The highest BCUT2D eigenvalue weighted by Gasteiger charge is 2.20. The largest absolute Gasteiger partial charge is 0.450 e. The molecule has 0 spiro atoms. The highest BCUT2D eigenvalue weighted by atomic mass is 79.9. The van der Waals surface area contributed by atoms with E-state index >= 15 is 0 Å². The maximum absolute atomic E-state index is 12.0. The number of carbonyl (C=O) groups excluding carboxylic acids is 2. The molecule has 0 amide bonds. The molecule has 1 heterocycles. The molecule has 4 nitrogen and oxygen atoms in total. The van der Waals surface area contributed by atoms with Gasteiger partial charge in [0, 0.05) is 16.2 Å². The van der Waals surface area contributed by atoms with Gasteiger partial charge in [-0.25, -0.2) is 4.79 Å². The molecule has 5 heteroatoms. The van der Waals surface area contributed by atoms with Crippen molar-refractivity contribution in [2.75, 3.05) is 0 Å². The Morgan fingerprint density at radius 3 is 2.53 bits per heavy atom. The minimum atomic E-state index is -0.822. The van der Waals surface area contributed by atoms with Crippen LogP contribution < -0.4 is 0 Å². The van der Waals surface area contributed by atoms with Gasteiger partial charge in [0.15, 0.2) is 6.10 Å². The third-order valence-corrected chi connectivity index (χ3v) is 3.04. The van der Waals surface area contributed by atoms with Crippen LogP contribution in [0.4, 0.5) is 0 Å². The first-order valence-corrected chi connectivity index (χ1v) is 6.51. The van der Waals surface area contributed by atoms with E-state index in [1.807, 2.05) is 6.07 Å². The van der Waals surface area contributed by atoms with Gasteiger partial charge in [0.2, 0.25) is 5.78 Å². The van der Waals surface area contributed by atoms with E-state index in [1.54, 1.807) is 43.5 Å². The van der Waals surface area contributed by atoms with Crippen molar-refractivity contribution in [3.63, 3.8) is 0 Å². The number of hydrogen-bond acceptors (Lipinski definition) is 3. The molecular weight excluding hydrogens is 310 g/mol. The molecule has 0 aliphatic carbocycles. The molecule has 0 unspecified atom stereocenters. The smallest absolute Gasteiger partial charge is 0.355 e. The summed E-state index contributed by atoms with van der Waals surface area (Å²) in [5, 5.41) is 0. The summed E-state index contributed by atoms with van der Waals surface area (Å²) in [6.45, 7) is 1.56. The van der Waals surface area contributed by atoms with E-state index in [4.69, 9.17) is 4.74 Å². The van der Waals surface area contributed by atoms with Crippen molar-refractivity contribution in [2.45, 2.75) is 13.0 Å². The number of hydrogen-bond donors (Lipinski definition) is 1. The number of nitrogens with one attached hydrogen (secondary N) is 1. The molecule has 0 bridgehead atoms.